The third-order valence-electron chi connectivity index (χ3n) is 2.67. The van der Waals surface area contributed by atoms with Crippen molar-refractivity contribution in [2.24, 2.45) is 0 Å². The van der Waals surface area contributed by atoms with E-state index in [1.54, 1.807) is 6.07 Å². The molecule has 1 aromatic heterocycles. The summed E-state index contributed by atoms with van der Waals surface area (Å²) in [6, 6.07) is 5.54. The lowest BCUT2D eigenvalue weighted by atomic mass is 10.2. The first kappa shape index (κ1) is 17.5. The van der Waals surface area contributed by atoms with Crippen molar-refractivity contribution in [3.63, 3.8) is 0 Å². The van der Waals surface area contributed by atoms with E-state index in [1.165, 1.54) is 18.3 Å². The molecule has 21 heavy (non-hydrogen) atoms. The van der Waals surface area contributed by atoms with Gasteiger partial charge in [0.15, 0.2) is 11.6 Å². The molecule has 1 N–H and O–H groups in total. The number of nitrogens with one attached hydrogen (secondary N) is 1. The first-order valence-corrected chi connectivity index (χ1v) is 6.00. The van der Waals surface area contributed by atoms with Gasteiger partial charge in [-0.25, -0.2) is 17.6 Å². The monoisotopic (exact) mass is 323 g/mol. The van der Waals surface area contributed by atoms with Crippen molar-refractivity contribution in [2.45, 2.75) is 26.1 Å². The number of hydrogen-bond donors (Lipinski definition) is 1. The van der Waals surface area contributed by atoms with E-state index < -0.39 is 24.6 Å². The van der Waals surface area contributed by atoms with Crippen LogP contribution in [0, 0.1) is 11.6 Å². The van der Waals surface area contributed by atoms with Crippen molar-refractivity contribution >= 4 is 12.4 Å². The molecule has 1 aromatic carbocycles. The van der Waals surface area contributed by atoms with Crippen molar-refractivity contribution < 1.29 is 17.6 Å². The largest absolute Gasteiger partial charge is 0.307 e. The summed E-state index contributed by atoms with van der Waals surface area (Å²) >= 11 is 0. The van der Waals surface area contributed by atoms with Crippen LogP contribution in [0.1, 0.15) is 11.3 Å². The number of rotatable bonds is 6. The zero-order valence-corrected chi connectivity index (χ0v) is 11.7. The summed E-state index contributed by atoms with van der Waals surface area (Å²) < 4.78 is 51.7. The van der Waals surface area contributed by atoms with Crippen LogP contribution in [-0.2, 0) is 19.6 Å². The second-order valence-corrected chi connectivity index (χ2v) is 4.24. The molecule has 3 nitrogen and oxygen atoms in total. The maximum atomic E-state index is 13.4. The molecule has 0 spiro atoms. The Bertz CT molecular complexity index is 574. The fourth-order valence-electron chi connectivity index (χ4n) is 1.75. The van der Waals surface area contributed by atoms with Gasteiger partial charge in [-0.15, -0.1) is 12.4 Å². The lowest BCUT2D eigenvalue weighted by Crippen LogP contribution is -2.15. The molecule has 2 aromatic rings. The zero-order valence-electron chi connectivity index (χ0n) is 10.9. The van der Waals surface area contributed by atoms with Crippen LogP contribution >= 0.6 is 12.4 Å². The predicted octanol–water partition coefficient (Wildman–Crippen LogP) is 3.14. The molecule has 2 rings (SSSR count). The van der Waals surface area contributed by atoms with Gasteiger partial charge in [0, 0.05) is 24.8 Å². The number of aromatic nitrogens is 2. The highest BCUT2D eigenvalue weighted by Gasteiger charge is 2.08. The molecular weight excluding hydrogens is 310 g/mol. The second-order valence-electron chi connectivity index (χ2n) is 4.24. The van der Waals surface area contributed by atoms with Crippen LogP contribution in [-0.4, -0.2) is 16.2 Å². The van der Waals surface area contributed by atoms with Gasteiger partial charge in [0.25, 0.3) is 6.43 Å². The zero-order chi connectivity index (χ0) is 14.5. The topological polar surface area (TPSA) is 29.9 Å². The van der Waals surface area contributed by atoms with Crippen LogP contribution in [0.2, 0.25) is 0 Å². The van der Waals surface area contributed by atoms with Crippen LogP contribution in [0.5, 0.6) is 0 Å². The molecule has 0 saturated carbocycles. The van der Waals surface area contributed by atoms with Crippen molar-refractivity contribution in [1.82, 2.24) is 15.1 Å². The fourth-order valence-corrected chi connectivity index (χ4v) is 1.75. The van der Waals surface area contributed by atoms with Crippen molar-refractivity contribution in [3.8, 4) is 0 Å². The van der Waals surface area contributed by atoms with E-state index >= 15 is 0 Å². The Morgan fingerprint density at radius 3 is 2.62 bits per heavy atom. The summed E-state index contributed by atoms with van der Waals surface area (Å²) in [5.74, 6) is -1.78. The van der Waals surface area contributed by atoms with Crippen molar-refractivity contribution in [1.29, 1.82) is 0 Å². The summed E-state index contributed by atoms with van der Waals surface area (Å²) in [6.07, 6.45) is -1.01. The van der Waals surface area contributed by atoms with Crippen LogP contribution < -0.4 is 5.32 Å². The van der Waals surface area contributed by atoms with Gasteiger partial charge in [0.2, 0.25) is 0 Å². The molecule has 0 radical (unpaired) electrons. The predicted molar refractivity (Wildman–Crippen MR) is 72.4 cm³/mol. The Morgan fingerprint density at radius 2 is 1.90 bits per heavy atom. The van der Waals surface area contributed by atoms with Gasteiger partial charge < -0.3 is 5.32 Å². The van der Waals surface area contributed by atoms with Gasteiger partial charge in [0.1, 0.15) is 6.54 Å². The van der Waals surface area contributed by atoms with E-state index in [0.717, 1.165) is 10.7 Å². The SMILES string of the molecule is Cl.Fc1cccc(CNCc2ccn(CC(F)F)n2)c1F. The Labute approximate surface area is 125 Å². The first-order chi connectivity index (χ1) is 9.56. The molecule has 0 aliphatic carbocycles. The molecule has 0 aliphatic rings. The van der Waals surface area contributed by atoms with Crippen molar-refractivity contribution in [3.05, 3.63) is 53.4 Å². The van der Waals surface area contributed by atoms with E-state index in [0.29, 0.717) is 5.69 Å². The van der Waals surface area contributed by atoms with E-state index in [9.17, 15) is 17.6 Å². The molecule has 0 bridgehead atoms. The number of benzene rings is 1. The van der Waals surface area contributed by atoms with Gasteiger partial charge in [-0.1, -0.05) is 12.1 Å². The maximum absolute atomic E-state index is 13.4. The fraction of sp³-hybridized carbons (Fsp3) is 0.308. The normalized spacial score (nSPS) is 10.7. The second kappa shape index (κ2) is 7.99. The molecule has 0 atom stereocenters. The third-order valence-corrected chi connectivity index (χ3v) is 2.67. The summed E-state index contributed by atoms with van der Waals surface area (Å²) in [5, 5.41) is 6.81. The Hall–Kier alpha value is -1.60. The number of halogens is 5. The summed E-state index contributed by atoms with van der Waals surface area (Å²) in [7, 11) is 0. The molecule has 116 valence electrons. The highest BCUT2D eigenvalue weighted by atomic mass is 35.5. The smallest absolute Gasteiger partial charge is 0.257 e. The van der Waals surface area contributed by atoms with Gasteiger partial charge in [-0.05, 0) is 12.1 Å². The number of nitrogens with zero attached hydrogens (tertiary/aromatic N) is 2. The molecule has 0 aliphatic heterocycles. The lowest BCUT2D eigenvalue weighted by Gasteiger charge is -2.05. The molecule has 0 amide bonds. The molecular formula is C13H14ClF4N3. The van der Waals surface area contributed by atoms with E-state index in [4.69, 9.17) is 0 Å². The molecule has 0 saturated heterocycles. The van der Waals surface area contributed by atoms with Crippen LogP contribution in [0.3, 0.4) is 0 Å². The lowest BCUT2D eigenvalue weighted by molar-refractivity contribution is 0.121. The Kier molecular flexibility index (Phi) is 6.64. The van der Waals surface area contributed by atoms with E-state index in [2.05, 4.69) is 10.4 Å². The minimum Gasteiger partial charge on any atom is -0.307 e. The first-order valence-electron chi connectivity index (χ1n) is 6.00. The maximum Gasteiger partial charge on any atom is 0.257 e. The van der Waals surface area contributed by atoms with Gasteiger partial charge in [-0.3, -0.25) is 4.68 Å². The van der Waals surface area contributed by atoms with Crippen LogP contribution in [0.4, 0.5) is 17.6 Å². The minimum absolute atomic E-state index is 0. The average molecular weight is 324 g/mol. The average Bonchev–Trinajstić information content (AvgIpc) is 2.81. The van der Waals surface area contributed by atoms with Gasteiger partial charge in [-0.2, -0.15) is 5.10 Å². The number of alkyl halides is 2. The van der Waals surface area contributed by atoms with Gasteiger partial charge >= 0.3 is 0 Å². The molecule has 0 fully saturated rings. The number of hydrogen-bond acceptors (Lipinski definition) is 2. The molecule has 0 unspecified atom stereocenters. The minimum atomic E-state index is -2.46. The van der Waals surface area contributed by atoms with E-state index in [1.807, 2.05) is 0 Å². The van der Waals surface area contributed by atoms with E-state index in [-0.39, 0.29) is 31.1 Å². The standard InChI is InChI=1S/C13H13F4N3.ClH/c14-11-3-1-2-9(13(11)17)6-18-7-10-4-5-20(19-10)8-12(15)16;/h1-5,12,18H,6-8H2;1H. The van der Waals surface area contributed by atoms with Crippen LogP contribution in [0.15, 0.2) is 30.5 Å². The quantitative estimate of drug-likeness (QED) is 0.828. The Morgan fingerprint density at radius 1 is 1.14 bits per heavy atom. The molecule has 1 heterocycles. The van der Waals surface area contributed by atoms with Crippen LogP contribution in [0.25, 0.3) is 0 Å². The molecule has 8 heteroatoms. The highest BCUT2D eigenvalue weighted by Crippen LogP contribution is 2.11. The summed E-state index contributed by atoms with van der Waals surface area (Å²) in [4.78, 5) is 0. The Balaban J connectivity index is 0.00000220. The van der Waals surface area contributed by atoms with Gasteiger partial charge in [0.05, 0.1) is 5.69 Å². The third kappa shape index (κ3) is 5.02. The summed E-state index contributed by atoms with van der Waals surface area (Å²) in [5.41, 5.74) is 0.763. The highest BCUT2D eigenvalue weighted by molar-refractivity contribution is 5.85. The summed E-state index contributed by atoms with van der Waals surface area (Å²) in [6.45, 7) is -0.0456. The van der Waals surface area contributed by atoms with Crippen molar-refractivity contribution in [2.75, 3.05) is 0 Å².